The molecule has 3 fully saturated rings. The van der Waals surface area contributed by atoms with E-state index in [0.717, 1.165) is 38.1 Å². The number of ether oxygens (including phenoxy) is 1. The van der Waals surface area contributed by atoms with E-state index in [0.29, 0.717) is 53.6 Å². The van der Waals surface area contributed by atoms with Gasteiger partial charge in [0.2, 0.25) is 11.8 Å². The number of hydrogen-bond acceptors (Lipinski definition) is 12. The number of nitrogens with zero attached hydrogens (tertiary/aromatic N) is 8. The number of hydrogen-bond donors (Lipinski definition) is 4. The van der Waals surface area contributed by atoms with Crippen LogP contribution in [0.5, 0.6) is 0 Å². The largest absolute Gasteiger partial charge is 0.441 e. The Hall–Kier alpha value is -7.33. The van der Waals surface area contributed by atoms with Gasteiger partial charge in [-0.15, -0.1) is 0 Å². The van der Waals surface area contributed by atoms with E-state index in [1.54, 1.807) is 46.5 Å². The SMILES string of the molecule is CC1(C)CN(c2cc(NCn3cc4c(-c5cc(N)c6cnc(NC(=O)[C@H]7C[C@@H]7C#N)cc6c5)cncc4n3)c3cnc(NC(=O)[C@H]4C[C@@H]4C#N)cc3c2)C(=O)O1. The molecule has 9 rings (SSSR count). The van der Waals surface area contributed by atoms with E-state index in [1.807, 2.05) is 44.3 Å². The lowest BCUT2D eigenvalue weighted by atomic mass is 10.00. The number of amides is 3. The molecule has 3 amide bonds. The predicted molar refractivity (Wildman–Crippen MR) is 208 cm³/mol. The number of fused-ring (bicyclic) bond motifs is 3. The third-order valence-corrected chi connectivity index (χ3v) is 10.4. The van der Waals surface area contributed by atoms with Gasteiger partial charge >= 0.3 is 6.09 Å². The molecule has 3 aliphatic rings. The van der Waals surface area contributed by atoms with Gasteiger partial charge in [0, 0.05) is 63.6 Å². The van der Waals surface area contributed by atoms with Gasteiger partial charge in [0.05, 0.1) is 48.6 Å². The van der Waals surface area contributed by atoms with Crippen LogP contribution in [0.15, 0.2) is 67.4 Å². The lowest BCUT2D eigenvalue weighted by Gasteiger charge is -2.19. The van der Waals surface area contributed by atoms with Crippen LogP contribution in [0.3, 0.4) is 0 Å². The summed E-state index contributed by atoms with van der Waals surface area (Å²) < 4.78 is 7.34. The van der Waals surface area contributed by atoms with Crippen molar-refractivity contribution in [2.24, 2.45) is 23.7 Å². The Labute approximate surface area is 319 Å². The Morgan fingerprint density at radius 2 is 1.55 bits per heavy atom. The van der Waals surface area contributed by atoms with E-state index in [-0.39, 0.29) is 42.2 Å². The number of rotatable bonds is 9. The molecule has 5 heterocycles. The van der Waals surface area contributed by atoms with E-state index in [4.69, 9.17) is 26.1 Å². The average Bonchev–Trinajstić information content (AvgIpc) is 4.08. The second-order valence-electron chi connectivity index (χ2n) is 15.1. The molecule has 0 spiro atoms. The molecule has 5 N–H and O–H groups in total. The van der Waals surface area contributed by atoms with Crippen LogP contribution in [0.1, 0.15) is 26.7 Å². The molecular formula is C40H34N12O4. The minimum Gasteiger partial charge on any atom is -0.441 e. The molecule has 0 unspecified atom stereocenters. The van der Waals surface area contributed by atoms with Crippen molar-refractivity contribution < 1.29 is 19.1 Å². The van der Waals surface area contributed by atoms with Crippen molar-refractivity contribution in [3.63, 3.8) is 0 Å². The summed E-state index contributed by atoms with van der Waals surface area (Å²) in [6.45, 7) is 4.28. The number of nitriles is 2. The lowest BCUT2D eigenvalue weighted by Crippen LogP contribution is -2.28. The van der Waals surface area contributed by atoms with Crippen LogP contribution in [0.2, 0.25) is 0 Å². The zero-order valence-corrected chi connectivity index (χ0v) is 30.3. The number of carbonyl (C=O) groups is 3. The topological polar surface area (TPSA) is 230 Å². The fourth-order valence-corrected chi connectivity index (χ4v) is 7.25. The molecule has 2 aromatic carbocycles. The second kappa shape index (κ2) is 12.9. The van der Waals surface area contributed by atoms with Gasteiger partial charge in [0.1, 0.15) is 29.4 Å². The Morgan fingerprint density at radius 1 is 0.893 bits per heavy atom. The van der Waals surface area contributed by atoms with Gasteiger partial charge in [-0.3, -0.25) is 24.2 Å². The zero-order chi connectivity index (χ0) is 38.9. The van der Waals surface area contributed by atoms with Crippen molar-refractivity contribution in [2.75, 3.05) is 33.1 Å². The zero-order valence-electron chi connectivity index (χ0n) is 30.3. The number of nitrogens with two attached hydrogens (primary N) is 1. The third-order valence-electron chi connectivity index (χ3n) is 10.4. The molecule has 4 atom stereocenters. The molecule has 0 bridgehead atoms. The number of aromatic nitrogens is 5. The van der Waals surface area contributed by atoms with E-state index in [9.17, 15) is 14.4 Å². The number of pyridine rings is 3. The van der Waals surface area contributed by atoms with Crippen LogP contribution in [-0.4, -0.2) is 54.8 Å². The number of carbonyl (C=O) groups excluding carboxylic acids is 3. The summed E-state index contributed by atoms with van der Waals surface area (Å²) in [6, 6.07) is 15.3. The first kappa shape index (κ1) is 34.4. The van der Waals surface area contributed by atoms with Crippen LogP contribution < -0.4 is 26.6 Å². The minimum atomic E-state index is -0.678. The van der Waals surface area contributed by atoms with Crippen LogP contribution in [0.4, 0.5) is 33.5 Å². The van der Waals surface area contributed by atoms with Crippen LogP contribution in [-0.2, 0) is 21.0 Å². The number of nitrogen functional groups attached to an aromatic ring is 1. The third kappa shape index (κ3) is 6.36. The number of cyclic esters (lactones) is 1. The summed E-state index contributed by atoms with van der Waals surface area (Å²) >= 11 is 0. The molecule has 2 saturated carbocycles. The van der Waals surface area contributed by atoms with E-state index < -0.39 is 11.7 Å². The molecule has 6 aromatic rings. The van der Waals surface area contributed by atoms with Gasteiger partial charge in [0.25, 0.3) is 0 Å². The predicted octanol–water partition coefficient (Wildman–Crippen LogP) is 5.78. The highest BCUT2D eigenvalue weighted by atomic mass is 16.6. The minimum absolute atomic E-state index is 0.223. The highest BCUT2D eigenvalue weighted by Gasteiger charge is 2.44. The lowest BCUT2D eigenvalue weighted by molar-refractivity contribution is -0.118. The van der Waals surface area contributed by atoms with E-state index in [1.165, 1.54) is 0 Å². The summed E-state index contributed by atoms with van der Waals surface area (Å²) in [6.07, 6.45) is 9.24. The van der Waals surface area contributed by atoms with Crippen molar-refractivity contribution in [2.45, 2.75) is 39.0 Å². The number of nitrogens with one attached hydrogen (secondary N) is 3. The van der Waals surface area contributed by atoms with Crippen LogP contribution in [0, 0.1) is 46.3 Å². The Kier molecular flexibility index (Phi) is 7.94. The first-order chi connectivity index (χ1) is 27.0. The quantitative estimate of drug-likeness (QED) is 0.129. The molecule has 1 aliphatic heterocycles. The Morgan fingerprint density at radius 3 is 2.18 bits per heavy atom. The molecule has 16 heteroatoms. The van der Waals surface area contributed by atoms with Crippen molar-refractivity contribution in [3.05, 3.63) is 67.4 Å². The fourth-order valence-electron chi connectivity index (χ4n) is 7.25. The molecule has 16 nitrogen and oxygen atoms in total. The summed E-state index contributed by atoms with van der Waals surface area (Å²) in [5, 5.41) is 36.0. The maximum Gasteiger partial charge on any atom is 0.415 e. The summed E-state index contributed by atoms with van der Waals surface area (Å²) in [7, 11) is 0. The molecule has 278 valence electrons. The van der Waals surface area contributed by atoms with E-state index >= 15 is 0 Å². The van der Waals surface area contributed by atoms with Crippen molar-refractivity contribution >= 4 is 79.1 Å². The maximum absolute atomic E-state index is 12.9. The molecular weight excluding hydrogens is 713 g/mol. The Balaban J connectivity index is 1.01. The summed E-state index contributed by atoms with van der Waals surface area (Å²) in [5.41, 5.74) is 9.86. The van der Waals surface area contributed by atoms with Crippen molar-refractivity contribution in [1.82, 2.24) is 24.7 Å². The van der Waals surface area contributed by atoms with Crippen molar-refractivity contribution in [1.29, 1.82) is 10.5 Å². The molecule has 56 heavy (non-hydrogen) atoms. The number of benzene rings is 2. The van der Waals surface area contributed by atoms with Gasteiger partial charge in [-0.2, -0.15) is 15.6 Å². The average molecular weight is 747 g/mol. The van der Waals surface area contributed by atoms with E-state index in [2.05, 4.69) is 43.0 Å². The normalized spacial score (nSPS) is 20.6. The monoisotopic (exact) mass is 746 g/mol. The maximum atomic E-state index is 12.9. The molecule has 1 saturated heterocycles. The first-order valence-electron chi connectivity index (χ1n) is 18.1. The van der Waals surface area contributed by atoms with Crippen LogP contribution in [0.25, 0.3) is 43.6 Å². The first-order valence-corrected chi connectivity index (χ1v) is 18.1. The molecule has 0 radical (unpaired) electrons. The Bertz CT molecular complexity index is 2750. The van der Waals surface area contributed by atoms with Crippen molar-refractivity contribution in [3.8, 4) is 23.3 Å². The standard InChI is InChI=1S/C40H34N12O4/c1-40(2)18-52(39(55)56-40)25-4-22-9-36(49-38(54)27-6-24(27)12-42)46-15-30(22)33(10-25)47-19-51-17-31-28(13-44-16-34(31)50-51)20-3-21-8-35(45-14-29(21)32(43)7-20)48-37(53)26-5-23(26)11-41/h3-4,7-10,13-17,23-24,26-27,47H,5-6,18-19,43H2,1-2H3,(H,45,48,53)(H,46,49,54)/t23-,24-,26+,27+/m1/s1. The van der Waals surface area contributed by atoms with Gasteiger partial charge in [-0.25, -0.2) is 14.8 Å². The van der Waals surface area contributed by atoms with Gasteiger partial charge in [0.15, 0.2) is 0 Å². The number of anilines is 5. The second-order valence-corrected chi connectivity index (χ2v) is 15.1. The van der Waals surface area contributed by atoms with Gasteiger partial charge in [-0.1, -0.05) is 0 Å². The fraction of sp³-hybridized carbons (Fsp3) is 0.275. The molecule has 4 aromatic heterocycles. The highest BCUT2D eigenvalue weighted by molar-refractivity contribution is 6.04. The summed E-state index contributed by atoms with van der Waals surface area (Å²) in [5.74, 6) is -0.957. The molecule has 2 aliphatic carbocycles. The summed E-state index contributed by atoms with van der Waals surface area (Å²) in [4.78, 5) is 53.2. The highest BCUT2D eigenvalue weighted by Crippen LogP contribution is 2.40. The van der Waals surface area contributed by atoms with Gasteiger partial charge < -0.3 is 26.4 Å². The smallest absolute Gasteiger partial charge is 0.415 e. The van der Waals surface area contributed by atoms with Gasteiger partial charge in [-0.05, 0) is 79.4 Å². The van der Waals surface area contributed by atoms with Crippen LogP contribution >= 0.6 is 0 Å².